The van der Waals surface area contributed by atoms with E-state index in [1.54, 1.807) is 12.1 Å². The summed E-state index contributed by atoms with van der Waals surface area (Å²) < 4.78 is 0. The molecule has 0 aliphatic heterocycles. The molecule has 0 saturated heterocycles. The second-order valence-corrected chi connectivity index (χ2v) is 4.05. The Balaban J connectivity index is 2.47. The Morgan fingerprint density at radius 2 is 1.65 bits per heavy atom. The molecule has 0 heterocycles. The summed E-state index contributed by atoms with van der Waals surface area (Å²) >= 11 is 0. The summed E-state index contributed by atoms with van der Waals surface area (Å²) in [6, 6.07) is 12.8. The Bertz CT molecular complexity index is 559. The first-order valence-electron chi connectivity index (χ1n) is 5.40. The minimum atomic E-state index is -0.382. The molecule has 3 heteroatoms. The number of non-ortho nitro benzene ring substituents is 1. The number of benzene rings is 2. The van der Waals surface area contributed by atoms with E-state index in [1.165, 1.54) is 23.3 Å². The van der Waals surface area contributed by atoms with Gasteiger partial charge >= 0.3 is 0 Å². The normalized spacial score (nSPS) is 10.2. The Labute approximate surface area is 99.9 Å². The van der Waals surface area contributed by atoms with Crippen molar-refractivity contribution >= 4 is 5.69 Å². The van der Waals surface area contributed by atoms with Crippen LogP contribution >= 0.6 is 0 Å². The first-order valence-corrected chi connectivity index (χ1v) is 5.40. The summed E-state index contributed by atoms with van der Waals surface area (Å²) in [7, 11) is 0. The van der Waals surface area contributed by atoms with Gasteiger partial charge < -0.3 is 0 Å². The van der Waals surface area contributed by atoms with Gasteiger partial charge in [0.1, 0.15) is 0 Å². The average molecular weight is 227 g/mol. The van der Waals surface area contributed by atoms with E-state index in [2.05, 4.69) is 19.9 Å². The van der Waals surface area contributed by atoms with Gasteiger partial charge in [-0.2, -0.15) is 0 Å². The number of nitrogens with zero attached hydrogens (tertiary/aromatic N) is 1. The molecule has 0 spiro atoms. The average Bonchev–Trinajstić information content (AvgIpc) is 2.33. The molecule has 2 aromatic carbocycles. The highest BCUT2D eigenvalue weighted by atomic mass is 16.6. The highest BCUT2D eigenvalue weighted by Crippen LogP contribution is 2.26. The zero-order chi connectivity index (χ0) is 12.4. The maximum Gasteiger partial charge on any atom is 0.269 e. The first-order chi connectivity index (χ1) is 8.09. The van der Waals surface area contributed by atoms with Gasteiger partial charge in [0.05, 0.1) is 4.92 Å². The van der Waals surface area contributed by atoms with Crippen molar-refractivity contribution in [3.63, 3.8) is 0 Å². The molecule has 0 aliphatic rings. The lowest BCUT2D eigenvalue weighted by Gasteiger charge is -2.08. The Kier molecular flexibility index (Phi) is 2.91. The van der Waals surface area contributed by atoms with E-state index in [0.717, 1.165) is 11.1 Å². The fourth-order valence-corrected chi connectivity index (χ4v) is 1.83. The maximum absolute atomic E-state index is 10.6. The summed E-state index contributed by atoms with van der Waals surface area (Å²) in [6.07, 6.45) is 0. The number of aryl methyl sites for hydroxylation is 1. The third kappa shape index (κ3) is 2.18. The molecule has 2 rings (SSSR count). The van der Waals surface area contributed by atoms with Crippen LogP contribution in [0, 0.1) is 24.0 Å². The molecule has 86 valence electrons. The van der Waals surface area contributed by atoms with E-state index in [-0.39, 0.29) is 10.6 Å². The zero-order valence-corrected chi connectivity index (χ0v) is 9.81. The Morgan fingerprint density at radius 3 is 2.24 bits per heavy atom. The SMILES string of the molecule is Cc1cccc(-c2ccc([N+](=O)[O-])cc2)c1C. The van der Waals surface area contributed by atoms with Crippen LogP contribution in [0.5, 0.6) is 0 Å². The molecule has 0 radical (unpaired) electrons. The topological polar surface area (TPSA) is 43.1 Å². The zero-order valence-electron chi connectivity index (χ0n) is 9.81. The summed E-state index contributed by atoms with van der Waals surface area (Å²) in [6.45, 7) is 4.12. The lowest BCUT2D eigenvalue weighted by atomic mass is 9.97. The number of nitro benzene ring substituents is 1. The second kappa shape index (κ2) is 4.37. The van der Waals surface area contributed by atoms with Gasteiger partial charge in [-0.15, -0.1) is 0 Å². The largest absolute Gasteiger partial charge is 0.269 e. The van der Waals surface area contributed by atoms with E-state index < -0.39 is 0 Å². The van der Waals surface area contributed by atoms with Crippen LogP contribution in [0.3, 0.4) is 0 Å². The van der Waals surface area contributed by atoms with Crippen LogP contribution in [0.25, 0.3) is 11.1 Å². The summed E-state index contributed by atoms with van der Waals surface area (Å²) in [5.74, 6) is 0. The molecule has 0 atom stereocenters. The minimum Gasteiger partial charge on any atom is -0.258 e. The van der Waals surface area contributed by atoms with Crippen molar-refractivity contribution in [2.75, 3.05) is 0 Å². The third-order valence-electron chi connectivity index (χ3n) is 2.99. The molecule has 17 heavy (non-hydrogen) atoms. The predicted molar refractivity (Wildman–Crippen MR) is 68.0 cm³/mol. The van der Waals surface area contributed by atoms with Crippen LogP contribution < -0.4 is 0 Å². The molecule has 0 fully saturated rings. The van der Waals surface area contributed by atoms with Crippen molar-refractivity contribution in [3.8, 4) is 11.1 Å². The smallest absolute Gasteiger partial charge is 0.258 e. The number of hydrogen-bond acceptors (Lipinski definition) is 2. The van der Waals surface area contributed by atoms with Crippen LogP contribution in [0.2, 0.25) is 0 Å². The van der Waals surface area contributed by atoms with Crippen molar-refractivity contribution < 1.29 is 4.92 Å². The van der Waals surface area contributed by atoms with E-state index in [1.807, 2.05) is 12.1 Å². The van der Waals surface area contributed by atoms with E-state index >= 15 is 0 Å². The predicted octanol–water partition coefficient (Wildman–Crippen LogP) is 3.88. The van der Waals surface area contributed by atoms with Gasteiger partial charge in [0.15, 0.2) is 0 Å². The number of hydrogen-bond donors (Lipinski definition) is 0. The fraction of sp³-hybridized carbons (Fsp3) is 0.143. The molecular formula is C14H13NO2. The molecule has 0 N–H and O–H groups in total. The molecule has 0 aromatic heterocycles. The van der Waals surface area contributed by atoms with Gasteiger partial charge in [0, 0.05) is 12.1 Å². The van der Waals surface area contributed by atoms with Crippen LogP contribution in [0.15, 0.2) is 42.5 Å². The van der Waals surface area contributed by atoms with Crippen molar-refractivity contribution in [1.82, 2.24) is 0 Å². The standard InChI is InChI=1S/C14H13NO2/c1-10-4-3-5-14(11(10)2)12-6-8-13(9-7-12)15(16)17/h3-9H,1-2H3. The summed E-state index contributed by atoms with van der Waals surface area (Å²) in [4.78, 5) is 10.2. The van der Waals surface area contributed by atoms with Gasteiger partial charge in [-0.05, 0) is 48.2 Å². The molecule has 0 bridgehead atoms. The van der Waals surface area contributed by atoms with Gasteiger partial charge in [-0.3, -0.25) is 10.1 Å². The van der Waals surface area contributed by atoms with Crippen LogP contribution in [-0.4, -0.2) is 4.92 Å². The van der Waals surface area contributed by atoms with E-state index in [4.69, 9.17) is 0 Å². The lowest BCUT2D eigenvalue weighted by molar-refractivity contribution is -0.384. The highest BCUT2D eigenvalue weighted by molar-refractivity contribution is 5.69. The molecule has 2 aromatic rings. The molecule has 0 aliphatic carbocycles. The van der Waals surface area contributed by atoms with Crippen molar-refractivity contribution in [2.45, 2.75) is 13.8 Å². The molecule has 3 nitrogen and oxygen atoms in total. The van der Waals surface area contributed by atoms with Gasteiger partial charge in [-0.25, -0.2) is 0 Å². The minimum absolute atomic E-state index is 0.124. The van der Waals surface area contributed by atoms with Crippen LogP contribution in [0.4, 0.5) is 5.69 Å². The Hall–Kier alpha value is -2.16. The van der Waals surface area contributed by atoms with Crippen LogP contribution in [0.1, 0.15) is 11.1 Å². The van der Waals surface area contributed by atoms with E-state index in [9.17, 15) is 10.1 Å². The Morgan fingerprint density at radius 1 is 1.00 bits per heavy atom. The van der Waals surface area contributed by atoms with Gasteiger partial charge in [-0.1, -0.05) is 18.2 Å². The maximum atomic E-state index is 10.6. The van der Waals surface area contributed by atoms with Crippen molar-refractivity contribution in [2.24, 2.45) is 0 Å². The van der Waals surface area contributed by atoms with Gasteiger partial charge in [0.25, 0.3) is 5.69 Å². The lowest BCUT2D eigenvalue weighted by Crippen LogP contribution is -1.89. The molecule has 0 amide bonds. The fourth-order valence-electron chi connectivity index (χ4n) is 1.83. The van der Waals surface area contributed by atoms with E-state index in [0.29, 0.717) is 0 Å². The van der Waals surface area contributed by atoms with Crippen molar-refractivity contribution in [3.05, 3.63) is 63.7 Å². The molecule has 0 saturated carbocycles. The highest BCUT2D eigenvalue weighted by Gasteiger charge is 2.07. The van der Waals surface area contributed by atoms with Gasteiger partial charge in [0.2, 0.25) is 0 Å². The summed E-state index contributed by atoms with van der Waals surface area (Å²) in [5, 5.41) is 10.6. The number of nitro groups is 1. The molecular weight excluding hydrogens is 214 g/mol. The third-order valence-corrected chi connectivity index (χ3v) is 2.99. The monoisotopic (exact) mass is 227 g/mol. The quantitative estimate of drug-likeness (QED) is 0.577. The van der Waals surface area contributed by atoms with Crippen LogP contribution in [-0.2, 0) is 0 Å². The summed E-state index contributed by atoms with van der Waals surface area (Å²) in [5.41, 5.74) is 4.69. The number of rotatable bonds is 2. The first kappa shape index (κ1) is 11.3. The van der Waals surface area contributed by atoms with Crippen molar-refractivity contribution in [1.29, 1.82) is 0 Å². The molecule has 0 unspecified atom stereocenters. The second-order valence-electron chi connectivity index (χ2n) is 4.05.